The summed E-state index contributed by atoms with van der Waals surface area (Å²) in [4.78, 5) is 79.4. The zero-order valence-corrected chi connectivity index (χ0v) is 40.7. The first-order valence-corrected chi connectivity index (χ1v) is 23.6. The summed E-state index contributed by atoms with van der Waals surface area (Å²) in [7, 11) is -3.83. The Morgan fingerprint density at radius 3 is 1.47 bits per heavy atom. The molecule has 0 saturated carbocycles. The molecule has 68 heavy (non-hydrogen) atoms. The van der Waals surface area contributed by atoms with Crippen molar-refractivity contribution < 1.29 is 74.8 Å². The largest absolute Gasteiger partial charge is 0.870 e. The minimum Gasteiger partial charge on any atom is -0.870 e. The van der Waals surface area contributed by atoms with Crippen LogP contribution in [0.15, 0.2) is 96.9 Å². The number of halogens is 2. The Morgan fingerprint density at radius 1 is 0.676 bits per heavy atom. The number of thiophene rings is 2. The zero-order valence-electron chi connectivity index (χ0n) is 36.0. The predicted octanol–water partition coefficient (Wildman–Crippen LogP) is 2.84. The Labute approximate surface area is 403 Å². The number of nitrogens with one attached hydrogen (secondary N) is 1. The number of ether oxygens (including phenoxy) is 5. The summed E-state index contributed by atoms with van der Waals surface area (Å²) in [6, 6.07) is 18.3. The van der Waals surface area contributed by atoms with Gasteiger partial charge < -0.3 is 38.8 Å². The maximum absolute atomic E-state index is 12.5. The molecule has 0 fully saturated rings. The Kier molecular flexibility index (Phi) is 22.4. The van der Waals surface area contributed by atoms with Crippen LogP contribution in [0, 0.1) is 0 Å². The third-order valence-electron chi connectivity index (χ3n) is 7.31. The number of carbonyl (C=O) groups is 4. The fourth-order valence-corrected chi connectivity index (χ4v) is 9.83. The summed E-state index contributed by atoms with van der Waals surface area (Å²) >= 11 is 13.2. The van der Waals surface area contributed by atoms with Crippen molar-refractivity contribution in [1.29, 1.82) is 0 Å². The van der Waals surface area contributed by atoms with E-state index < -0.39 is 66.4 Å². The summed E-state index contributed by atoms with van der Waals surface area (Å²) in [6.07, 6.45) is -0.953. The average Bonchev–Trinajstić information content (AvgIpc) is 4.07. The van der Waals surface area contributed by atoms with Gasteiger partial charge in [-0.1, -0.05) is 92.4 Å². The van der Waals surface area contributed by atoms with Crippen LogP contribution in [0.5, 0.6) is 17.8 Å². The standard InChI is InChI=1S/C12H13ClN4O8S2.C11H11N3O5.C7H8ClNO4S2.C6H6.H2O/c1-4-25-9(18)6-5-26-8(13)7(6)27(21,22)15-10(19)16-12(20)17(24-3)11(14-16)23-2;1-17-9-12-13(10(15)14(9)18-2)11(16)19-8-6-4-3-5-7-8;1-2-13-7(10)4-3-14-6(8)5(4)15(9,11)12;1-2-4-6-5-3-1;/h5H,4H2,1-3H3,(H,15,19);3-7H,1-2H3;3H,2H2,1H3,(H2,9,11,12);1-6H;1H2/p-1. The van der Waals surface area contributed by atoms with E-state index >= 15 is 0 Å². The van der Waals surface area contributed by atoms with Crippen LogP contribution in [-0.4, -0.2) is 117 Å². The van der Waals surface area contributed by atoms with Gasteiger partial charge in [0.1, 0.15) is 38.4 Å². The van der Waals surface area contributed by atoms with Gasteiger partial charge in [-0.3, -0.25) is 0 Å². The molecule has 0 unspecified atom stereocenters. The summed E-state index contributed by atoms with van der Waals surface area (Å²) in [5, 5.41) is 14.5. The van der Waals surface area contributed by atoms with Gasteiger partial charge in [-0.05, 0) is 26.0 Å². The lowest BCUT2D eigenvalue weighted by atomic mass is 10.3. The zero-order chi connectivity index (χ0) is 50.1. The number of primary sulfonamides is 1. The quantitative estimate of drug-likeness (QED) is 0.166. The molecule has 0 radical (unpaired) electrons. The lowest BCUT2D eigenvalue weighted by molar-refractivity contribution is 0.0513. The molecule has 0 aliphatic rings. The van der Waals surface area contributed by atoms with Crippen LogP contribution in [0.25, 0.3) is 0 Å². The molecule has 6 aromatic rings. The Hall–Kier alpha value is -6.80. The monoisotopic (exact) mass is 1070 g/mol. The van der Waals surface area contributed by atoms with Gasteiger partial charge in [-0.2, -0.15) is 0 Å². The van der Waals surface area contributed by atoms with Crippen molar-refractivity contribution >= 4 is 90.0 Å². The number of sulfonamides is 2. The molecule has 0 saturated heterocycles. The first-order valence-electron chi connectivity index (χ1n) is 18.1. The molecule has 1 amide bonds. The SMILES string of the molecule is CCOC(=O)c1csc(Cl)c1S(=O)(=O)NC(=O)n1nc(OC)n(OC)c1=O.CCOC(=O)c1csc(Cl)c1S(N)(=O)=O.COc1nn(C(=O)Oc2ccccc2)c(=O)n1OC.[OH-].c1ccccc1. The van der Waals surface area contributed by atoms with Crippen molar-refractivity contribution in [3.05, 3.63) is 118 Å². The molecule has 4 heterocycles. The number of benzene rings is 2. The van der Waals surface area contributed by atoms with E-state index in [-0.39, 0.29) is 54.1 Å². The summed E-state index contributed by atoms with van der Waals surface area (Å²) in [5.41, 5.74) is -2.40. The van der Waals surface area contributed by atoms with Crippen LogP contribution < -0.4 is 45.1 Å². The van der Waals surface area contributed by atoms with Crippen LogP contribution in [0.1, 0.15) is 34.6 Å². The Morgan fingerprint density at radius 2 is 1.07 bits per heavy atom. The number of nitrogens with two attached hydrogens (primary N) is 1. The average molecular weight is 1070 g/mol. The van der Waals surface area contributed by atoms with E-state index in [1.807, 2.05) is 36.4 Å². The molecule has 0 aliphatic heterocycles. The van der Waals surface area contributed by atoms with E-state index in [9.17, 15) is 45.6 Å². The second-order valence-corrected chi connectivity index (χ2v) is 17.6. The number of nitrogens with zero attached hydrogens (tertiary/aromatic N) is 6. The molecule has 0 bridgehead atoms. The second-order valence-electron chi connectivity index (χ2n) is 11.6. The number of methoxy groups -OCH3 is 2. The van der Waals surface area contributed by atoms with Crippen LogP contribution in [-0.2, 0) is 29.5 Å². The molecule has 32 heteroatoms. The summed E-state index contributed by atoms with van der Waals surface area (Å²) in [6.45, 7) is 3.30. The van der Waals surface area contributed by atoms with E-state index in [4.69, 9.17) is 52.1 Å². The topological polar surface area (TPSA) is 349 Å². The molecular weight excluding hydrogens is 1030 g/mol. The van der Waals surface area contributed by atoms with Gasteiger partial charge in [0, 0.05) is 10.8 Å². The lowest BCUT2D eigenvalue weighted by Gasteiger charge is -2.07. The molecule has 6 rings (SSSR count). The van der Waals surface area contributed by atoms with Crippen molar-refractivity contribution in [2.45, 2.75) is 23.6 Å². The molecule has 4 aromatic heterocycles. The highest BCUT2D eigenvalue weighted by atomic mass is 35.5. The number of esters is 2. The van der Waals surface area contributed by atoms with E-state index in [2.05, 4.69) is 19.8 Å². The smallest absolute Gasteiger partial charge is 0.445 e. The molecule has 0 aliphatic carbocycles. The third kappa shape index (κ3) is 14.9. The van der Waals surface area contributed by atoms with Crippen LogP contribution >= 0.6 is 45.9 Å². The van der Waals surface area contributed by atoms with Crippen molar-refractivity contribution in [2.24, 2.45) is 5.14 Å². The number of amides is 1. The Balaban J connectivity index is 0.000000338. The highest BCUT2D eigenvalue weighted by Crippen LogP contribution is 2.33. The second kappa shape index (κ2) is 26.5. The van der Waals surface area contributed by atoms with Crippen molar-refractivity contribution in [2.75, 3.05) is 41.7 Å². The number of aromatic nitrogens is 6. The van der Waals surface area contributed by atoms with Gasteiger partial charge in [0.2, 0.25) is 10.0 Å². The van der Waals surface area contributed by atoms with Gasteiger partial charge in [0.05, 0.1) is 38.6 Å². The van der Waals surface area contributed by atoms with Gasteiger partial charge in [0.25, 0.3) is 10.0 Å². The summed E-state index contributed by atoms with van der Waals surface area (Å²) < 4.78 is 74.5. The minimum atomic E-state index is -4.64. The molecule has 4 N–H and O–H groups in total. The van der Waals surface area contributed by atoms with Crippen molar-refractivity contribution in [3.63, 3.8) is 0 Å². The first-order chi connectivity index (χ1) is 31.7. The maximum Gasteiger partial charge on any atom is 0.445 e. The Bertz CT molecular complexity index is 2960. The minimum absolute atomic E-state index is 0. The van der Waals surface area contributed by atoms with Gasteiger partial charge in [-0.15, -0.1) is 37.1 Å². The lowest BCUT2D eigenvalue weighted by Crippen LogP contribution is -2.41. The van der Waals surface area contributed by atoms with Crippen LogP contribution in [0.2, 0.25) is 8.67 Å². The molecule has 26 nitrogen and oxygen atoms in total. The molecular formula is C36H39Cl2N8O18S4-. The van der Waals surface area contributed by atoms with Crippen molar-refractivity contribution in [3.8, 4) is 17.8 Å². The molecule has 0 atom stereocenters. The van der Waals surface area contributed by atoms with E-state index in [0.29, 0.717) is 15.2 Å². The van der Waals surface area contributed by atoms with Crippen LogP contribution in [0.4, 0.5) is 9.59 Å². The normalized spacial score (nSPS) is 10.4. The molecule has 2 aromatic carbocycles. The van der Waals surface area contributed by atoms with Crippen molar-refractivity contribution in [1.82, 2.24) is 33.7 Å². The highest BCUT2D eigenvalue weighted by Gasteiger charge is 2.32. The van der Waals surface area contributed by atoms with Crippen LogP contribution in [0.3, 0.4) is 0 Å². The first kappa shape index (κ1) is 57.3. The number of hydrogen-bond donors (Lipinski definition) is 2. The number of carbonyl (C=O) groups excluding carboxylic acids is 4. The number of rotatable bonds is 12. The third-order valence-corrected chi connectivity index (χ3v) is 12.6. The molecule has 370 valence electrons. The number of para-hydroxylation sites is 1. The van der Waals surface area contributed by atoms with E-state index in [0.717, 1.165) is 41.6 Å². The fraction of sp³-hybridized carbons (Fsp3) is 0.222. The van der Waals surface area contributed by atoms with E-state index in [1.54, 1.807) is 42.0 Å². The maximum atomic E-state index is 12.5. The van der Waals surface area contributed by atoms with Gasteiger partial charge in [-0.25, -0.2) is 55.5 Å². The summed E-state index contributed by atoms with van der Waals surface area (Å²) in [5.74, 6) is -1.38. The molecule has 0 spiro atoms. The van der Waals surface area contributed by atoms with Gasteiger partial charge in [0.15, 0.2) is 0 Å². The predicted molar refractivity (Wildman–Crippen MR) is 240 cm³/mol. The number of hydrogen-bond acceptors (Lipinski definition) is 22. The highest BCUT2D eigenvalue weighted by molar-refractivity contribution is 7.90. The van der Waals surface area contributed by atoms with E-state index in [1.165, 1.54) is 31.9 Å². The van der Waals surface area contributed by atoms with Gasteiger partial charge >= 0.3 is 47.5 Å². The fourth-order valence-electron chi connectivity index (χ4n) is 4.57.